The molecule has 0 spiro atoms. The molecule has 1 aromatic carbocycles. The van der Waals surface area contributed by atoms with Gasteiger partial charge in [0, 0.05) is 19.8 Å². The molecule has 0 aliphatic carbocycles. The van der Waals surface area contributed by atoms with Crippen molar-refractivity contribution in [3.05, 3.63) is 28.5 Å². The molecule has 2 aromatic rings. The molecule has 0 atom stereocenters. The van der Waals surface area contributed by atoms with Crippen molar-refractivity contribution in [1.82, 2.24) is 15.0 Å². The van der Waals surface area contributed by atoms with Crippen LogP contribution in [-0.4, -0.2) is 29.0 Å². The Labute approximate surface area is 123 Å². The van der Waals surface area contributed by atoms with Crippen molar-refractivity contribution in [3.8, 4) is 0 Å². The van der Waals surface area contributed by atoms with Gasteiger partial charge in [0.15, 0.2) is 0 Å². The van der Waals surface area contributed by atoms with E-state index in [9.17, 15) is 4.39 Å². The van der Waals surface area contributed by atoms with E-state index in [1.165, 1.54) is 6.07 Å². The van der Waals surface area contributed by atoms with Gasteiger partial charge < -0.3 is 10.2 Å². The highest BCUT2D eigenvalue weighted by atomic mass is 79.9. The number of nitrogens with zero attached hydrogens (tertiary/aromatic N) is 4. The van der Waals surface area contributed by atoms with Crippen LogP contribution in [0.1, 0.15) is 0 Å². The number of benzene rings is 1. The Morgan fingerprint density at radius 2 is 1.90 bits per heavy atom. The van der Waals surface area contributed by atoms with Crippen LogP contribution in [0.2, 0.25) is 0 Å². The van der Waals surface area contributed by atoms with Gasteiger partial charge in [-0.15, -0.1) is 0 Å². The van der Waals surface area contributed by atoms with Crippen LogP contribution in [0.15, 0.2) is 22.7 Å². The minimum absolute atomic E-state index is 0.229. The summed E-state index contributed by atoms with van der Waals surface area (Å²) in [4.78, 5) is 14.1. The number of halogens is 2. The zero-order valence-corrected chi connectivity index (χ0v) is 12.4. The maximum atomic E-state index is 13.2. The number of aromatic nitrogens is 3. The monoisotopic (exact) mass is 341 g/mol. The number of nitrogens with one attached hydrogen (secondary N) is 2. The topological polar surface area (TPSA) is 92.0 Å². The molecule has 0 saturated heterocycles. The lowest BCUT2D eigenvalue weighted by atomic mass is 10.3. The summed E-state index contributed by atoms with van der Waals surface area (Å²) in [5.41, 5.74) is 3.01. The highest BCUT2D eigenvalue weighted by Crippen LogP contribution is 2.22. The Kier molecular flexibility index (Phi) is 4.30. The lowest BCUT2D eigenvalue weighted by Crippen LogP contribution is -2.18. The summed E-state index contributed by atoms with van der Waals surface area (Å²) in [6.07, 6.45) is 0. The molecule has 0 bridgehead atoms. The molecule has 0 saturated carbocycles. The Balaban J connectivity index is 2.32. The van der Waals surface area contributed by atoms with Crippen LogP contribution in [0.25, 0.3) is 0 Å². The third kappa shape index (κ3) is 3.31. The molecule has 0 unspecified atom stereocenters. The molecule has 0 fully saturated rings. The molecule has 20 heavy (non-hydrogen) atoms. The van der Waals surface area contributed by atoms with Crippen LogP contribution in [0, 0.1) is 5.82 Å². The molecule has 4 N–H and O–H groups in total. The average molecular weight is 342 g/mol. The SMILES string of the molecule is CN(C)c1nc(NN)nc(Nc2ccc(F)c(Br)c2)n1. The maximum Gasteiger partial charge on any atom is 0.243 e. The van der Waals surface area contributed by atoms with Crippen molar-refractivity contribution in [3.63, 3.8) is 0 Å². The summed E-state index contributed by atoms with van der Waals surface area (Å²) in [5, 5.41) is 2.96. The number of rotatable bonds is 4. The standard InChI is InChI=1S/C11H13BrFN7/c1-20(2)11-17-9(16-10(18-11)19-14)15-6-3-4-8(13)7(12)5-6/h3-5H,14H2,1-2H3,(H2,15,16,17,18,19). The van der Waals surface area contributed by atoms with Crippen LogP contribution in [0.4, 0.5) is 27.9 Å². The van der Waals surface area contributed by atoms with Gasteiger partial charge in [-0.2, -0.15) is 15.0 Å². The lowest BCUT2D eigenvalue weighted by molar-refractivity contribution is 0.621. The number of anilines is 4. The summed E-state index contributed by atoms with van der Waals surface area (Å²) in [5.74, 6) is 5.95. The fourth-order valence-corrected chi connectivity index (χ4v) is 1.77. The molecule has 2 rings (SSSR count). The smallest absolute Gasteiger partial charge is 0.243 e. The van der Waals surface area contributed by atoms with Crippen molar-refractivity contribution < 1.29 is 4.39 Å². The largest absolute Gasteiger partial charge is 0.347 e. The number of nitrogen functional groups attached to an aromatic ring is 1. The van der Waals surface area contributed by atoms with Crippen molar-refractivity contribution >= 4 is 39.5 Å². The lowest BCUT2D eigenvalue weighted by Gasteiger charge is -2.13. The molecule has 7 nitrogen and oxygen atoms in total. The Morgan fingerprint density at radius 3 is 2.50 bits per heavy atom. The van der Waals surface area contributed by atoms with E-state index in [0.717, 1.165) is 0 Å². The number of hydrazine groups is 1. The van der Waals surface area contributed by atoms with Crippen molar-refractivity contribution in [2.75, 3.05) is 29.7 Å². The molecular weight excluding hydrogens is 329 g/mol. The van der Waals surface area contributed by atoms with Gasteiger partial charge >= 0.3 is 0 Å². The van der Waals surface area contributed by atoms with Crippen LogP contribution in [0.3, 0.4) is 0 Å². The summed E-state index contributed by atoms with van der Waals surface area (Å²) >= 11 is 3.12. The summed E-state index contributed by atoms with van der Waals surface area (Å²) in [7, 11) is 3.60. The highest BCUT2D eigenvalue weighted by molar-refractivity contribution is 9.10. The summed E-state index contributed by atoms with van der Waals surface area (Å²) in [6.45, 7) is 0. The normalized spacial score (nSPS) is 10.2. The zero-order chi connectivity index (χ0) is 14.7. The molecule has 0 amide bonds. The first-order chi connectivity index (χ1) is 9.49. The fraction of sp³-hybridized carbons (Fsp3) is 0.182. The number of hydrogen-bond donors (Lipinski definition) is 3. The van der Waals surface area contributed by atoms with Crippen LogP contribution >= 0.6 is 15.9 Å². The second-order valence-electron chi connectivity index (χ2n) is 4.08. The van der Waals surface area contributed by atoms with E-state index in [0.29, 0.717) is 22.1 Å². The number of nitrogens with two attached hydrogens (primary N) is 1. The van der Waals surface area contributed by atoms with Gasteiger partial charge in [0.2, 0.25) is 17.8 Å². The van der Waals surface area contributed by atoms with Gasteiger partial charge in [0.05, 0.1) is 4.47 Å². The Hall–Kier alpha value is -2.00. The van der Waals surface area contributed by atoms with E-state index in [4.69, 9.17) is 5.84 Å². The maximum absolute atomic E-state index is 13.2. The van der Waals surface area contributed by atoms with Gasteiger partial charge in [0.25, 0.3) is 0 Å². The molecule has 1 aromatic heterocycles. The molecule has 0 aliphatic rings. The van der Waals surface area contributed by atoms with Gasteiger partial charge in [-0.3, -0.25) is 5.43 Å². The van der Waals surface area contributed by atoms with Gasteiger partial charge in [-0.25, -0.2) is 10.2 Å². The van der Waals surface area contributed by atoms with Crippen LogP contribution in [0.5, 0.6) is 0 Å². The third-order valence-electron chi connectivity index (χ3n) is 2.33. The summed E-state index contributed by atoms with van der Waals surface area (Å²) < 4.78 is 13.5. The van der Waals surface area contributed by atoms with E-state index in [1.807, 2.05) is 0 Å². The van der Waals surface area contributed by atoms with E-state index >= 15 is 0 Å². The van der Waals surface area contributed by atoms with Crippen molar-refractivity contribution in [1.29, 1.82) is 0 Å². The second-order valence-corrected chi connectivity index (χ2v) is 4.93. The average Bonchev–Trinajstić information content (AvgIpc) is 2.42. The molecular formula is C11H13BrFN7. The van der Waals surface area contributed by atoms with Gasteiger partial charge in [-0.1, -0.05) is 0 Å². The Morgan fingerprint density at radius 1 is 1.20 bits per heavy atom. The van der Waals surface area contributed by atoms with E-state index in [1.54, 1.807) is 31.1 Å². The molecule has 106 valence electrons. The van der Waals surface area contributed by atoms with E-state index in [2.05, 4.69) is 41.6 Å². The first-order valence-corrected chi connectivity index (χ1v) is 6.41. The highest BCUT2D eigenvalue weighted by Gasteiger charge is 2.08. The van der Waals surface area contributed by atoms with Crippen molar-refractivity contribution in [2.24, 2.45) is 5.84 Å². The summed E-state index contributed by atoms with van der Waals surface area (Å²) in [6, 6.07) is 4.50. The van der Waals surface area contributed by atoms with Crippen LogP contribution in [-0.2, 0) is 0 Å². The molecule has 0 radical (unpaired) electrons. The van der Waals surface area contributed by atoms with Gasteiger partial charge in [-0.05, 0) is 34.1 Å². The van der Waals surface area contributed by atoms with Crippen LogP contribution < -0.4 is 21.5 Å². The predicted molar refractivity (Wildman–Crippen MR) is 79.3 cm³/mol. The minimum Gasteiger partial charge on any atom is -0.347 e. The zero-order valence-electron chi connectivity index (χ0n) is 10.9. The molecule has 9 heteroatoms. The Bertz CT molecular complexity index is 620. The molecule has 1 heterocycles. The first kappa shape index (κ1) is 14.4. The van der Waals surface area contributed by atoms with Gasteiger partial charge in [0.1, 0.15) is 5.82 Å². The van der Waals surface area contributed by atoms with Crippen molar-refractivity contribution in [2.45, 2.75) is 0 Å². The third-order valence-corrected chi connectivity index (χ3v) is 2.94. The van der Waals surface area contributed by atoms with E-state index < -0.39 is 0 Å². The second kappa shape index (κ2) is 5.97. The predicted octanol–water partition coefficient (Wildman–Crippen LogP) is 1.87. The quantitative estimate of drug-likeness (QED) is 0.577. The number of hydrogen-bond acceptors (Lipinski definition) is 7. The molecule has 0 aliphatic heterocycles. The fourth-order valence-electron chi connectivity index (χ4n) is 1.39. The first-order valence-electron chi connectivity index (χ1n) is 5.61. The van der Waals surface area contributed by atoms with E-state index in [-0.39, 0.29) is 11.8 Å². The minimum atomic E-state index is -0.343.